The number of benzene rings is 1. The molecule has 1 fully saturated rings. The Kier molecular flexibility index (Phi) is 3.44. The van der Waals surface area contributed by atoms with Crippen LogP contribution in [0.1, 0.15) is 30.1 Å². The highest BCUT2D eigenvalue weighted by Gasteiger charge is 2.28. The van der Waals surface area contributed by atoms with Gasteiger partial charge in [-0.05, 0) is 37.8 Å². The van der Waals surface area contributed by atoms with Crippen LogP contribution in [0.15, 0.2) is 39.9 Å². The molecule has 0 atom stereocenters. The zero-order valence-corrected chi connectivity index (χ0v) is 12.2. The van der Waals surface area contributed by atoms with E-state index in [4.69, 9.17) is 0 Å². The Bertz CT molecular complexity index is 845. The molecule has 3 rings (SSSR count). The molecule has 0 bridgehead atoms. The summed E-state index contributed by atoms with van der Waals surface area (Å²) in [6.07, 6.45) is 1.96. The van der Waals surface area contributed by atoms with Crippen LogP contribution in [0.25, 0.3) is 5.69 Å². The van der Waals surface area contributed by atoms with Gasteiger partial charge in [-0.3, -0.25) is 14.2 Å². The molecule has 114 valence electrons. The maximum atomic E-state index is 12.6. The number of hydrogen-bond donors (Lipinski definition) is 1. The normalized spacial score (nSPS) is 14.0. The van der Waals surface area contributed by atoms with E-state index in [0.717, 1.165) is 22.0 Å². The quantitative estimate of drug-likeness (QED) is 0.863. The first-order valence-electron chi connectivity index (χ1n) is 7.16. The lowest BCUT2D eigenvalue weighted by molar-refractivity contribution is 0.101. The number of aromatic hydroxyl groups is 1. The van der Waals surface area contributed by atoms with Crippen LogP contribution in [0.2, 0.25) is 0 Å². The van der Waals surface area contributed by atoms with Crippen molar-refractivity contribution in [3.63, 3.8) is 0 Å². The second kappa shape index (κ2) is 5.29. The molecule has 2 aromatic rings. The van der Waals surface area contributed by atoms with Crippen molar-refractivity contribution in [1.29, 1.82) is 0 Å². The number of para-hydroxylation sites is 1. The SMILES string of the molecule is CC(=O)c1c(O)n(CC2CC2)c(=O)n(-c2ccccc2)c1=O. The molecule has 1 aromatic heterocycles. The number of ketones is 1. The standard InChI is InChI=1S/C16H16N2O4/c1-10(19)13-14(20)17(9-11-7-8-11)16(22)18(15(13)21)12-5-3-2-4-6-12/h2-6,11,20H,7-9H2,1H3. The molecule has 0 amide bonds. The van der Waals surface area contributed by atoms with Crippen molar-refractivity contribution in [3.8, 4) is 11.6 Å². The maximum Gasteiger partial charge on any atom is 0.338 e. The van der Waals surface area contributed by atoms with E-state index in [1.54, 1.807) is 30.3 Å². The van der Waals surface area contributed by atoms with Crippen LogP contribution >= 0.6 is 0 Å². The first kappa shape index (κ1) is 14.3. The molecule has 0 saturated heterocycles. The first-order valence-corrected chi connectivity index (χ1v) is 7.16. The molecule has 0 unspecified atom stereocenters. The summed E-state index contributed by atoms with van der Waals surface area (Å²) >= 11 is 0. The Hall–Kier alpha value is -2.63. The minimum Gasteiger partial charge on any atom is -0.494 e. The van der Waals surface area contributed by atoms with Crippen LogP contribution in [0.4, 0.5) is 0 Å². The summed E-state index contributed by atoms with van der Waals surface area (Å²) < 4.78 is 2.07. The van der Waals surface area contributed by atoms with Crippen molar-refractivity contribution >= 4 is 5.78 Å². The summed E-state index contributed by atoms with van der Waals surface area (Å²) in [5.74, 6) is -0.775. The predicted molar refractivity (Wildman–Crippen MR) is 80.7 cm³/mol. The molecule has 1 aromatic carbocycles. The molecular weight excluding hydrogens is 284 g/mol. The topological polar surface area (TPSA) is 81.3 Å². The van der Waals surface area contributed by atoms with Gasteiger partial charge in [-0.25, -0.2) is 9.36 Å². The Morgan fingerprint density at radius 1 is 1.23 bits per heavy atom. The first-order chi connectivity index (χ1) is 10.5. The highest BCUT2D eigenvalue weighted by atomic mass is 16.3. The molecular formula is C16H16N2O4. The predicted octanol–water partition coefficient (Wildman–Crippen LogP) is 1.32. The van der Waals surface area contributed by atoms with Gasteiger partial charge in [0.15, 0.2) is 5.78 Å². The van der Waals surface area contributed by atoms with Crippen LogP contribution in [0.5, 0.6) is 5.88 Å². The third-order valence-corrected chi connectivity index (χ3v) is 3.82. The number of carbonyl (C=O) groups excluding carboxylic acids is 1. The molecule has 1 saturated carbocycles. The lowest BCUT2D eigenvalue weighted by Gasteiger charge is -2.14. The zero-order chi connectivity index (χ0) is 15.9. The van der Waals surface area contributed by atoms with Crippen molar-refractivity contribution < 1.29 is 9.90 Å². The molecule has 0 radical (unpaired) electrons. The second-order valence-corrected chi connectivity index (χ2v) is 5.57. The fourth-order valence-corrected chi connectivity index (χ4v) is 2.48. The lowest BCUT2D eigenvalue weighted by Crippen LogP contribution is -2.41. The maximum absolute atomic E-state index is 12.6. The smallest absolute Gasteiger partial charge is 0.338 e. The van der Waals surface area contributed by atoms with Gasteiger partial charge in [0.2, 0.25) is 5.88 Å². The van der Waals surface area contributed by atoms with E-state index >= 15 is 0 Å². The molecule has 22 heavy (non-hydrogen) atoms. The van der Waals surface area contributed by atoms with Gasteiger partial charge >= 0.3 is 5.69 Å². The Morgan fingerprint density at radius 3 is 2.41 bits per heavy atom. The Labute approximate surface area is 126 Å². The van der Waals surface area contributed by atoms with Crippen LogP contribution in [0, 0.1) is 5.92 Å². The minimum absolute atomic E-state index is 0.310. The minimum atomic E-state index is -0.784. The molecule has 1 N–H and O–H groups in total. The average Bonchev–Trinajstić information content (AvgIpc) is 3.28. The summed E-state index contributed by atoms with van der Waals surface area (Å²) in [6, 6.07) is 8.40. The molecule has 1 aliphatic rings. The summed E-state index contributed by atoms with van der Waals surface area (Å²) in [5.41, 5.74) is -1.37. The molecule has 0 spiro atoms. The number of carbonyl (C=O) groups is 1. The highest BCUT2D eigenvalue weighted by Crippen LogP contribution is 2.31. The second-order valence-electron chi connectivity index (χ2n) is 5.57. The summed E-state index contributed by atoms with van der Waals surface area (Å²) in [7, 11) is 0. The molecule has 1 heterocycles. The average molecular weight is 300 g/mol. The third-order valence-electron chi connectivity index (χ3n) is 3.82. The van der Waals surface area contributed by atoms with Gasteiger partial charge in [0, 0.05) is 6.54 Å². The molecule has 1 aliphatic carbocycles. The van der Waals surface area contributed by atoms with E-state index in [1.807, 2.05) is 0 Å². The van der Waals surface area contributed by atoms with Crippen molar-refractivity contribution in [2.24, 2.45) is 5.92 Å². The van der Waals surface area contributed by atoms with Gasteiger partial charge in [-0.1, -0.05) is 18.2 Å². The van der Waals surface area contributed by atoms with E-state index in [9.17, 15) is 19.5 Å². The van der Waals surface area contributed by atoms with Crippen molar-refractivity contribution in [2.75, 3.05) is 0 Å². The van der Waals surface area contributed by atoms with Crippen molar-refractivity contribution in [1.82, 2.24) is 9.13 Å². The molecule has 0 aliphatic heterocycles. The van der Waals surface area contributed by atoms with Crippen molar-refractivity contribution in [3.05, 3.63) is 56.7 Å². The van der Waals surface area contributed by atoms with E-state index in [2.05, 4.69) is 0 Å². The zero-order valence-electron chi connectivity index (χ0n) is 12.2. The van der Waals surface area contributed by atoms with Gasteiger partial charge in [0.05, 0.1) is 5.69 Å². The lowest BCUT2D eigenvalue weighted by atomic mass is 10.2. The highest BCUT2D eigenvalue weighted by molar-refractivity contribution is 5.95. The van der Waals surface area contributed by atoms with Crippen LogP contribution in [-0.4, -0.2) is 20.0 Å². The number of Topliss-reactive ketones (excluding diaryl/α,β-unsaturated/α-hetero) is 1. The van der Waals surface area contributed by atoms with Gasteiger partial charge < -0.3 is 5.11 Å². The van der Waals surface area contributed by atoms with Crippen molar-refractivity contribution in [2.45, 2.75) is 26.3 Å². The van der Waals surface area contributed by atoms with E-state index in [0.29, 0.717) is 18.2 Å². The Morgan fingerprint density at radius 2 is 1.86 bits per heavy atom. The fourth-order valence-electron chi connectivity index (χ4n) is 2.48. The number of rotatable bonds is 4. The number of nitrogens with zero attached hydrogens (tertiary/aromatic N) is 2. The molecule has 6 heteroatoms. The Balaban J connectivity index is 2.33. The van der Waals surface area contributed by atoms with Gasteiger partial charge in [0.1, 0.15) is 5.56 Å². The van der Waals surface area contributed by atoms with E-state index in [1.165, 1.54) is 6.92 Å². The number of hydrogen-bond acceptors (Lipinski definition) is 4. The largest absolute Gasteiger partial charge is 0.494 e. The van der Waals surface area contributed by atoms with E-state index in [-0.39, 0.29) is 5.56 Å². The van der Waals surface area contributed by atoms with Gasteiger partial charge in [-0.15, -0.1) is 0 Å². The summed E-state index contributed by atoms with van der Waals surface area (Å²) in [4.78, 5) is 36.8. The summed E-state index contributed by atoms with van der Waals surface area (Å²) in [6.45, 7) is 1.52. The third kappa shape index (κ3) is 2.36. The van der Waals surface area contributed by atoms with Crippen LogP contribution in [0.3, 0.4) is 0 Å². The molecule has 6 nitrogen and oxygen atoms in total. The van der Waals surface area contributed by atoms with Gasteiger partial charge in [-0.2, -0.15) is 0 Å². The number of aromatic nitrogens is 2. The van der Waals surface area contributed by atoms with E-state index < -0.39 is 22.9 Å². The van der Waals surface area contributed by atoms with Crippen LogP contribution in [-0.2, 0) is 6.54 Å². The fraction of sp³-hybridized carbons (Fsp3) is 0.312. The van der Waals surface area contributed by atoms with Gasteiger partial charge in [0.25, 0.3) is 5.56 Å². The monoisotopic (exact) mass is 300 g/mol. The van der Waals surface area contributed by atoms with Crippen LogP contribution < -0.4 is 11.2 Å². The summed E-state index contributed by atoms with van der Waals surface area (Å²) in [5, 5.41) is 10.2.